The Labute approximate surface area is 167 Å². The van der Waals surface area contributed by atoms with Crippen LogP contribution in [0.1, 0.15) is 26.7 Å². The lowest BCUT2D eigenvalue weighted by Gasteiger charge is -2.15. The van der Waals surface area contributed by atoms with Crippen molar-refractivity contribution in [2.45, 2.75) is 26.7 Å². The summed E-state index contributed by atoms with van der Waals surface area (Å²) < 4.78 is 0. The maximum atomic E-state index is 11.3. The van der Waals surface area contributed by atoms with E-state index in [1.165, 1.54) is 6.08 Å². The third-order valence-electron chi connectivity index (χ3n) is 3.85. The van der Waals surface area contributed by atoms with E-state index >= 15 is 0 Å². The zero-order valence-electron chi connectivity index (χ0n) is 16.3. The zero-order chi connectivity index (χ0) is 21.1. The van der Waals surface area contributed by atoms with Gasteiger partial charge in [0.05, 0.1) is 24.7 Å². The van der Waals surface area contributed by atoms with Gasteiger partial charge in [0.1, 0.15) is 5.76 Å². The third-order valence-corrected chi connectivity index (χ3v) is 3.85. The molecule has 0 amide bonds. The number of aliphatic hydroxyl groups is 3. The lowest BCUT2D eigenvalue weighted by atomic mass is 9.90. The van der Waals surface area contributed by atoms with Gasteiger partial charge < -0.3 is 15.3 Å². The van der Waals surface area contributed by atoms with Gasteiger partial charge in [0, 0.05) is 0 Å². The molecule has 2 atom stereocenters. The normalized spacial score (nSPS) is 21.7. The van der Waals surface area contributed by atoms with Crippen molar-refractivity contribution in [1.29, 1.82) is 0 Å². The summed E-state index contributed by atoms with van der Waals surface area (Å²) in [6, 6.07) is 0. The Balaban J connectivity index is 0.000000280. The fourth-order valence-corrected chi connectivity index (χ4v) is 2.34. The molecular weight excluding hydrogens is 352 g/mol. The molecule has 4 heteroatoms. The van der Waals surface area contributed by atoms with Crippen molar-refractivity contribution < 1.29 is 20.1 Å². The van der Waals surface area contributed by atoms with Gasteiger partial charge in [0.15, 0.2) is 5.78 Å². The molecule has 2 aliphatic carbocycles. The van der Waals surface area contributed by atoms with E-state index in [9.17, 15) is 9.90 Å². The van der Waals surface area contributed by atoms with E-state index in [0.717, 1.165) is 28.6 Å². The molecule has 0 heterocycles. The van der Waals surface area contributed by atoms with Gasteiger partial charge in [0.25, 0.3) is 0 Å². The zero-order valence-corrected chi connectivity index (χ0v) is 16.3. The van der Waals surface area contributed by atoms with Crippen LogP contribution in [-0.2, 0) is 4.79 Å². The van der Waals surface area contributed by atoms with E-state index in [0.29, 0.717) is 12.8 Å². The first-order valence-corrected chi connectivity index (χ1v) is 8.85. The molecule has 0 aliphatic heterocycles. The van der Waals surface area contributed by atoms with Crippen molar-refractivity contribution in [3.8, 4) is 23.7 Å². The van der Waals surface area contributed by atoms with Crippen molar-refractivity contribution in [3.05, 3.63) is 71.8 Å². The summed E-state index contributed by atoms with van der Waals surface area (Å²) in [4.78, 5) is 11.3. The Bertz CT molecular complexity index is 873. The van der Waals surface area contributed by atoms with Gasteiger partial charge in [0.2, 0.25) is 0 Å². The first kappa shape index (κ1) is 22.8. The number of hydrogen-bond acceptors (Lipinski definition) is 4. The van der Waals surface area contributed by atoms with Crippen LogP contribution in [-0.4, -0.2) is 27.7 Å². The van der Waals surface area contributed by atoms with Gasteiger partial charge in [-0.2, -0.15) is 0 Å². The van der Waals surface area contributed by atoms with Gasteiger partial charge in [-0.25, -0.2) is 0 Å². The Morgan fingerprint density at radius 3 is 2.25 bits per heavy atom. The van der Waals surface area contributed by atoms with E-state index in [1.54, 1.807) is 25.2 Å². The smallest absolute Gasteiger partial charge is 0.170 e. The molecule has 0 bridgehead atoms. The largest absolute Gasteiger partial charge is 0.515 e. The molecule has 2 rings (SSSR count). The fraction of sp³-hybridized carbons (Fsp3) is 0.292. The molecule has 28 heavy (non-hydrogen) atoms. The fourth-order valence-electron chi connectivity index (χ4n) is 2.34. The molecule has 4 nitrogen and oxygen atoms in total. The second-order valence-corrected chi connectivity index (χ2v) is 6.63. The highest BCUT2D eigenvalue weighted by Gasteiger charge is 2.18. The SMILES string of the molecule is C=C(C)C#CC1CC(=CO)C=CC1=O.C=C(C)C#CC1CC(CO)=CC=C1O. The van der Waals surface area contributed by atoms with Crippen LogP contribution in [0.2, 0.25) is 0 Å². The first-order valence-electron chi connectivity index (χ1n) is 8.85. The van der Waals surface area contributed by atoms with E-state index in [4.69, 9.17) is 10.2 Å². The van der Waals surface area contributed by atoms with Gasteiger partial charge in [-0.3, -0.25) is 4.79 Å². The number of allylic oxidation sites excluding steroid dienone is 8. The van der Waals surface area contributed by atoms with Gasteiger partial charge in [-0.1, -0.05) is 49.0 Å². The second kappa shape index (κ2) is 11.5. The summed E-state index contributed by atoms with van der Waals surface area (Å²) in [6.45, 7) is 10.9. The van der Waals surface area contributed by atoms with Crippen LogP contribution in [0.25, 0.3) is 0 Å². The molecule has 0 radical (unpaired) electrons. The van der Waals surface area contributed by atoms with Crippen molar-refractivity contribution in [3.63, 3.8) is 0 Å². The van der Waals surface area contributed by atoms with Crippen LogP contribution in [0.5, 0.6) is 0 Å². The van der Waals surface area contributed by atoms with Crippen molar-refractivity contribution >= 4 is 5.78 Å². The minimum atomic E-state index is -0.338. The molecule has 0 aromatic heterocycles. The molecule has 146 valence electrons. The number of ketones is 1. The molecule has 0 spiro atoms. The Hall–Kier alpha value is -3.21. The van der Waals surface area contributed by atoms with Gasteiger partial charge in [-0.15, -0.1) is 0 Å². The number of carbonyl (C=O) groups excluding carboxylic acids is 1. The summed E-state index contributed by atoms with van der Waals surface area (Å²) in [5, 5.41) is 27.2. The average molecular weight is 378 g/mol. The molecular formula is C24H26O4. The van der Waals surface area contributed by atoms with E-state index in [-0.39, 0.29) is 30.0 Å². The predicted molar refractivity (Wildman–Crippen MR) is 112 cm³/mol. The molecule has 0 fully saturated rings. The summed E-state index contributed by atoms with van der Waals surface area (Å²) in [5.74, 6) is 11.1. The molecule has 3 N–H and O–H groups in total. The Morgan fingerprint density at radius 1 is 1.11 bits per heavy atom. The standard InChI is InChI=1S/C12H14O2.C12H12O2/c2*1-9(2)3-5-11-7-10(8-13)4-6-12(11)14/h4,6,11,13-14H,1,7-8H2,2H3;4,6,8,11,13H,1,7H2,2H3. The van der Waals surface area contributed by atoms with E-state index < -0.39 is 0 Å². The topological polar surface area (TPSA) is 77.8 Å². The van der Waals surface area contributed by atoms with E-state index in [1.807, 2.05) is 6.92 Å². The Morgan fingerprint density at radius 2 is 1.71 bits per heavy atom. The summed E-state index contributed by atoms with van der Waals surface area (Å²) in [6.07, 6.45) is 8.47. The molecule has 2 unspecified atom stereocenters. The van der Waals surface area contributed by atoms with Crippen molar-refractivity contribution in [1.82, 2.24) is 0 Å². The van der Waals surface area contributed by atoms with E-state index in [2.05, 4.69) is 36.8 Å². The highest BCUT2D eigenvalue weighted by atomic mass is 16.3. The third kappa shape index (κ3) is 7.99. The Kier molecular flexibility index (Phi) is 9.37. The van der Waals surface area contributed by atoms with Crippen molar-refractivity contribution in [2.24, 2.45) is 11.8 Å². The lowest BCUT2D eigenvalue weighted by molar-refractivity contribution is -0.116. The lowest BCUT2D eigenvalue weighted by Crippen LogP contribution is -2.14. The summed E-state index contributed by atoms with van der Waals surface area (Å²) in [5.41, 5.74) is 3.13. The summed E-state index contributed by atoms with van der Waals surface area (Å²) >= 11 is 0. The van der Waals surface area contributed by atoms with Crippen LogP contribution >= 0.6 is 0 Å². The maximum absolute atomic E-state index is 11.3. The molecule has 0 aromatic rings. The van der Waals surface area contributed by atoms with Crippen LogP contribution in [0, 0.1) is 35.5 Å². The van der Waals surface area contributed by atoms with Crippen LogP contribution in [0.4, 0.5) is 0 Å². The summed E-state index contributed by atoms with van der Waals surface area (Å²) in [7, 11) is 0. The van der Waals surface area contributed by atoms with Gasteiger partial charge in [-0.05, 0) is 61.1 Å². The number of aliphatic hydroxyl groups excluding tert-OH is 3. The quantitative estimate of drug-likeness (QED) is 0.474. The number of rotatable bonds is 1. The number of carbonyl (C=O) groups is 1. The first-order chi connectivity index (χ1) is 13.3. The maximum Gasteiger partial charge on any atom is 0.170 e. The van der Waals surface area contributed by atoms with Crippen LogP contribution in [0.15, 0.2) is 71.8 Å². The molecule has 2 aliphatic rings. The van der Waals surface area contributed by atoms with Crippen molar-refractivity contribution in [2.75, 3.05) is 6.61 Å². The molecule has 0 saturated carbocycles. The van der Waals surface area contributed by atoms with Crippen LogP contribution in [0.3, 0.4) is 0 Å². The van der Waals surface area contributed by atoms with Crippen LogP contribution < -0.4 is 0 Å². The second-order valence-electron chi connectivity index (χ2n) is 6.63. The minimum absolute atomic E-state index is 0.00986. The predicted octanol–water partition coefficient (Wildman–Crippen LogP) is 4.10. The minimum Gasteiger partial charge on any atom is -0.515 e. The molecule has 0 saturated heterocycles. The highest BCUT2D eigenvalue weighted by Crippen LogP contribution is 2.22. The average Bonchev–Trinajstić information content (AvgIpc) is 2.67. The number of hydrogen-bond donors (Lipinski definition) is 3. The monoisotopic (exact) mass is 378 g/mol. The highest BCUT2D eigenvalue weighted by molar-refractivity contribution is 5.95. The molecule has 0 aromatic carbocycles. The van der Waals surface area contributed by atoms with Gasteiger partial charge >= 0.3 is 0 Å².